The van der Waals surface area contributed by atoms with Gasteiger partial charge in [0.05, 0.1) is 17.1 Å². The summed E-state index contributed by atoms with van der Waals surface area (Å²) >= 11 is 0. The molecule has 3 rings (SSSR count). The minimum atomic E-state index is -1.17. The van der Waals surface area contributed by atoms with Gasteiger partial charge in [-0.25, -0.2) is 9.37 Å². The van der Waals surface area contributed by atoms with Crippen LogP contribution in [-0.4, -0.2) is 22.4 Å². The van der Waals surface area contributed by atoms with Crippen molar-refractivity contribution in [1.82, 2.24) is 4.98 Å². The molecule has 2 heterocycles. The molecule has 0 spiro atoms. The summed E-state index contributed by atoms with van der Waals surface area (Å²) in [5, 5.41) is 11.4. The molecule has 0 saturated heterocycles. The number of carbonyl (C=O) groups is 1. The van der Waals surface area contributed by atoms with Crippen LogP contribution in [0.1, 0.15) is 22.3 Å². The number of carbonyl (C=O) groups excluding carboxylic acids is 1. The van der Waals surface area contributed by atoms with Crippen molar-refractivity contribution in [1.29, 1.82) is 0 Å². The van der Waals surface area contributed by atoms with Gasteiger partial charge in [-0.15, -0.1) is 0 Å². The first kappa shape index (κ1) is 15.7. The summed E-state index contributed by atoms with van der Waals surface area (Å²) in [6, 6.07) is 2.52. The molecule has 0 aliphatic carbocycles. The average Bonchev–Trinajstić information content (AvgIpc) is 2.53. The van der Waals surface area contributed by atoms with E-state index >= 15 is 0 Å². The van der Waals surface area contributed by atoms with E-state index in [4.69, 9.17) is 16.2 Å². The summed E-state index contributed by atoms with van der Waals surface area (Å²) < 4.78 is 19.6. The van der Waals surface area contributed by atoms with Gasteiger partial charge in [0.25, 0.3) is 5.91 Å². The number of benzene rings is 1. The molecule has 124 valence electrons. The molecule has 2 aromatic rings. The number of amides is 1. The maximum absolute atomic E-state index is 14.2. The average molecular weight is 332 g/mol. The minimum absolute atomic E-state index is 0.0686. The highest BCUT2D eigenvalue weighted by molar-refractivity contribution is 6.02. The van der Waals surface area contributed by atoms with E-state index in [-0.39, 0.29) is 5.56 Å². The van der Waals surface area contributed by atoms with Crippen LogP contribution in [0.2, 0.25) is 0 Å². The van der Waals surface area contributed by atoms with E-state index in [0.29, 0.717) is 24.5 Å². The second kappa shape index (κ2) is 5.76. The van der Waals surface area contributed by atoms with Gasteiger partial charge in [0.1, 0.15) is 17.1 Å². The highest BCUT2D eigenvalue weighted by Gasteiger charge is 2.28. The molecule has 0 fully saturated rings. The lowest BCUT2D eigenvalue weighted by Crippen LogP contribution is -2.17. The van der Waals surface area contributed by atoms with Gasteiger partial charge in [-0.05, 0) is 25.0 Å². The lowest BCUT2D eigenvalue weighted by Gasteiger charge is -2.17. The van der Waals surface area contributed by atoms with Crippen LogP contribution in [-0.2, 0) is 6.42 Å². The number of hydrogen-bond donors (Lipinski definition) is 2. The lowest BCUT2D eigenvalue weighted by atomic mass is 9.97. The number of fused-ring (bicyclic) bond motifs is 1. The number of rotatable bonds is 3. The van der Waals surface area contributed by atoms with Crippen LogP contribution in [0.25, 0.3) is 11.1 Å². The van der Waals surface area contributed by atoms with Crippen molar-refractivity contribution < 1.29 is 18.8 Å². The fraction of sp³-hybridized carbons (Fsp3) is 0.200. The first-order valence-electron chi connectivity index (χ1n) is 7.08. The zero-order valence-corrected chi connectivity index (χ0v) is 12.4. The van der Waals surface area contributed by atoms with Crippen molar-refractivity contribution in [2.45, 2.75) is 12.8 Å². The molecule has 1 aromatic heterocycles. The number of ether oxygens (including phenoxy) is 1. The Balaban J connectivity index is 2.24. The Hall–Kier alpha value is -3.23. The first-order chi connectivity index (χ1) is 11.4. The van der Waals surface area contributed by atoms with E-state index in [1.807, 2.05) is 0 Å². The van der Waals surface area contributed by atoms with Gasteiger partial charge in [-0.1, -0.05) is 0 Å². The Bertz CT molecular complexity index is 869. The third-order valence-electron chi connectivity index (χ3n) is 3.78. The van der Waals surface area contributed by atoms with Crippen LogP contribution < -0.4 is 16.2 Å². The maximum atomic E-state index is 14.2. The van der Waals surface area contributed by atoms with Crippen LogP contribution in [0, 0.1) is 15.9 Å². The monoisotopic (exact) mass is 332 g/mol. The fourth-order valence-corrected chi connectivity index (χ4v) is 2.71. The lowest BCUT2D eigenvalue weighted by molar-refractivity contribution is -0.383. The number of nitro benzene ring substituents is 1. The summed E-state index contributed by atoms with van der Waals surface area (Å²) in [5.41, 5.74) is 9.83. The number of nitrogens with two attached hydrogens (primary N) is 2. The predicted octanol–water partition coefficient (Wildman–Crippen LogP) is 1.80. The van der Waals surface area contributed by atoms with Crippen LogP contribution in [0.3, 0.4) is 0 Å². The summed E-state index contributed by atoms with van der Waals surface area (Å²) in [6.45, 7) is 0.550. The van der Waals surface area contributed by atoms with Crippen LogP contribution in [0.15, 0.2) is 18.3 Å². The van der Waals surface area contributed by atoms with Gasteiger partial charge in [0.15, 0.2) is 0 Å². The van der Waals surface area contributed by atoms with Crippen LogP contribution >= 0.6 is 0 Å². The third kappa shape index (κ3) is 2.49. The van der Waals surface area contributed by atoms with Gasteiger partial charge in [-0.2, -0.15) is 0 Å². The summed E-state index contributed by atoms with van der Waals surface area (Å²) in [5.74, 6) is -1.74. The van der Waals surface area contributed by atoms with Gasteiger partial charge < -0.3 is 16.2 Å². The van der Waals surface area contributed by atoms with E-state index in [1.165, 1.54) is 6.20 Å². The van der Waals surface area contributed by atoms with Crippen molar-refractivity contribution in [2.24, 2.45) is 5.73 Å². The molecule has 9 heteroatoms. The number of primary amides is 1. The summed E-state index contributed by atoms with van der Waals surface area (Å²) in [4.78, 5) is 26.0. The van der Waals surface area contributed by atoms with Crippen molar-refractivity contribution >= 4 is 17.3 Å². The molecule has 24 heavy (non-hydrogen) atoms. The van der Waals surface area contributed by atoms with E-state index in [0.717, 1.165) is 18.1 Å². The van der Waals surface area contributed by atoms with E-state index < -0.39 is 33.6 Å². The summed E-state index contributed by atoms with van der Waals surface area (Å²) in [6.07, 6.45) is 2.83. The third-order valence-corrected chi connectivity index (χ3v) is 3.78. The highest BCUT2D eigenvalue weighted by atomic mass is 19.1. The van der Waals surface area contributed by atoms with E-state index in [9.17, 15) is 19.3 Å². The molecule has 0 bridgehead atoms. The largest absolute Gasteiger partial charge is 0.477 e. The normalized spacial score (nSPS) is 13.0. The number of halogens is 1. The number of anilines is 1. The molecule has 8 nitrogen and oxygen atoms in total. The fourth-order valence-electron chi connectivity index (χ4n) is 2.71. The smallest absolute Gasteiger partial charge is 0.300 e. The number of nitrogen functional groups attached to an aromatic ring is 1. The molecule has 4 N–H and O–H groups in total. The second-order valence-electron chi connectivity index (χ2n) is 5.30. The van der Waals surface area contributed by atoms with E-state index in [2.05, 4.69) is 4.98 Å². The Kier molecular flexibility index (Phi) is 3.76. The van der Waals surface area contributed by atoms with Crippen molar-refractivity contribution in [2.75, 3.05) is 12.3 Å². The highest BCUT2D eigenvalue weighted by Crippen LogP contribution is 2.39. The standard InChI is InChI=1S/C15H13FN4O4/c16-10-5-9(13(20(22)23)12(17)11(10)14(18)21)8-4-7-2-1-3-24-15(7)19-6-8/h4-6H,1-3,17H2,(H2,18,21). The number of aryl methyl sites for hydroxylation is 1. The number of nitrogens with zero attached hydrogens (tertiary/aromatic N) is 2. The van der Waals surface area contributed by atoms with Crippen LogP contribution in [0.5, 0.6) is 5.88 Å². The Morgan fingerprint density at radius 3 is 2.83 bits per heavy atom. The molecule has 1 aromatic carbocycles. The first-order valence-corrected chi connectivity index (χ1v) is 7.08. The molecular weight excluding hydrogens is 319 g/mol. The predicted molar refractivity (Wildman–Crippen MR) is 83.0 cm³/mol. The molecule has 0 unspecified atom stereocenters. The zero-order valence-electron chi connectivity index (χ0n) is 12.4. The molecule has 0 saturated carbocycles. The van der Waals surface area contributed by atoms with Crippen molar-refractivity contribution in [3.63, 3.8) is 0 Å². The van der Waals surface area contributed by atoms with Gasteiger partial charge >= 0.3 is 5.69 Å². The van der Waals surface area contributed by atoms with E-state index in [1.54, 1.807) is 6.07 Å². The Morgan fingerprint density at radius 2 is 2.17 bits per heavy atom. The molecule has 1 aliphatic heterocycles. The van der Waals surface area contributed by atoms with Gasteiger partial charge in [0.2, 0.25) is 5.88 Å². The Morgan fingerprint density at radius 1 is 1.42 bits per heavy atom. The van der Waals surface area contributed by atoms with Crippen molar-refractivity contribution in [3.05, 3.63) is 45.4 Å². The minimum Gasteiger partial charge on any atom is -0.477 e. The SMILES string of the molecule is NC(=O)c1c(F)cc(-c2cnc3c(c2)CCCO3)c([N+](=O)[O-])c1N. The van der Waals surface area contributed by atoms with Gasteiger partial charge in [0, 0.05) is 17.3 Å². The number of pyridine rings is 1. The van der Waals surface area contributed by atoms with Gasteiger partial charge in [-0.3, -0.25) is 14.9 Å². The molecular formula is C15H13FN4O4. The number of hydrogen-bond acceptors (Lipinski definition) is 6. The molecule has 0 atom stereocenters. The number of aromatic nitrogens is 1. The van der Waals surface area contributed by atoms with Crippen LogP contribution in [0.4, 0.5) is 15.8 Å². The number of nitro groups is 1. The Labute approximate surface area is 135 Å². The topological polar surface area (TPSA) is 134 Å². The quantitative estimate of drug-likeness (QED) is 0.500. The molecule has 1 amide bonds. The zero-order chi connectivity index (χ0) is 17.4. The molecule has 0 radical (unpaired) electrons. The summed E-state index contributed by atoms with van der Waals surface area (Å²) in [7, 11) is 0. The maximum Gasteiger partial charge on any atom is 0.300 e. The van der Waals surface area contributed by atoms with Crippen molar-refractivity contribution in [3.8, 4) is 17.0 Å². The molecule has 1 aliphatic rings. The second-order valence-corrected chi connectivity index (χ2v) is 5.30.